The second kappa shape index (κ2) is 13.0. The minimum Gasteiger partial charge on any atom is -0.354 e. The predicted molar refractivity (Wildman–Crippen MR) is 140 cm³/mol. The number of likely N-dealkylation sites (tertiary alicyclic amines) is 1. The molecule has 1 fully saturated rings. The molecule has 2 N–H and O–H groups in total. The first-order valence-corrected chi connectivity index (χ1v) is 12.5. The zero-order valence-corrected chi connectivity index (χ0v) is 21.4. The normalized spacial score (nSPS) is 14.4. The van der Waals surface area contributed by atoms with Gasteiger partial charge in [-0.15, -0.1) is 0 Å². The Labute approximate surface area is 208 Å². The van der Waals surface area contributed by atoms with E-state index in [-0.39, 0.29) is 24.3 Å². The summed E-state index contributed by atoms with van der Waals surface area (Å²) in [7, 11) is 1.65. The Morgan fingerprint density at radius 3 is 2.66 bits per heavy atom. The van der Waals surface area contributed by atoms with E-state index in [2.05, 4.69) is 47.4 Å². The molecule has 1 aliphatic heterocycles. The Morgan fingerprint density at radius 2 is 1.97 bits per heavy atom. The van der Waals surface area contributed by atoms with Crippen molar-refractivity contribution in [1.29, 1.82) is 0 Å². The smallest absolute Gasteiger partial charge is 0.246 e. The van der Waals surface area contributed by atoms with E-state index in [1.54, 1.807) is 19.3 Å². The quantitative estimate of drug-likeness (QED) is 0.455. The van der Waals surface area contributed by atoms with E-state index >= 15 is 0 Å². The number of nitrogens with zero attached hydrogens (tertiary/aromatic N) is 4. The molecule has 188 valence electrons. The maximum Gasteiger partial charge on any atom is 0.246 e. The highest BCUT2D eigenvalue weighted by Gasteiger charge is 2.14. The van der Waals surface area contributed by atoms with Crippen molar-refractivity contribution in [2.75, 3.05) is 45.1 Å². The summed E-state index contributed by atoms with van der Waals surface area (Å²) in [5.74, 6) is 0.506. The van der Waals surface area contributed by atoms with Crippen molar-refractivity contribution in [3.63, 3.8) is 0 Å². The van der Waals surface area contributed by atoms with Crippen LogP contribution in [0.1, 0.15) is 50.1 Å². The van der Waals surface area contributed by atoms with Gasteiger partial charge in [0.2, 0.25) is 11.8 Å². The largest absolute Gasteiger partial charge is 0.354 e. The van der Waals surface area contributed by atoms with E-state index in [1.165, 1.54) is 11.3 Å². The van der Waals surface area contributed by atoms with Crippen LogP contribution in [0, 0.1) is 0 Å². The molecule has 3 rings (SSSR count). The number of amides is 2. The van der Waals surface area contributed by atoms with E-state index in [1.807, 2.05) is 24.3 Å². The Hall–Kier alpha value is -3.26. The van der Waals surface area contributed by atoms with Crippen molar-refractivity contribution in [2.24, 2.45) is 0 Å². The van der Waals surface area contributed by atoms with E-state index in [0.717, 1.165) is 60.9 Å². The fourth-order valence-corrected chi connectivity index (χ4v) is 3.89. The second-order valence-electron chi connectivity index (χ2n) is 9.06. The van der Waals surface area contributed by atoms with Crippen LogP contribution < -0.4 is 10.6 Å². The van der Waals surface area contributed by atoms with Crippen LogP contribution in [0.4, 0.5) is 11.5 Å². The van der Waals surface area contributed by atoms with E-state index in [0.29, 0.717) is 6.54 Å². The topological polar surface area (TPSA) is 90.5 Å². The van der Waals surface area contributed by atoms with E-state index in [9.17, 15) is 9.59 Å². The average molecular weight is 479 g/mol. The van der Waals surface area contributed by atoms with Crippen LogP contribution in [0.25, 0.3) is 0 Å². The average Bonchev–Trinajstić information content (AvgIpc) is 2.83. The first-order valence-electron chi connectivity index (χ1n) is 12.5. The molecule has 8 nitrogen and oxygen atoms in total. The zero-order valence-electron chi connectivity index (χ0n) is 21.4. The number of benzene rings is 1. The van der Waals surface area contributed by atoms with Crippen molar-refractivity contribution in [1.82, 2.24) is 25.1 Å². The fraction of sp³-hybridized carbons (Fsp3) is 0.481. The monoisotopic (exact) mass is 478 g/mol. The molecule has 0 aliphatic carbocycles. The summed E-state index contributed by atoms with van der Waals surface area (Å²) in [6, 6.07) is 8.09. The van der Waals surface area contributed by atoms with Crippen molar-refractivity contribution in [3.8, 4) is 0 Å². The minimum absolute atomic E-state index is 0.0351. The molecule has 8 heteroatoms. The highest BCUT2D eigenvalue weighted by atomic mass is 16.2. The molecule has 1 aliphatic rings. The maximum atomic E-state index is 12.4. The van der Waals surface area contributed by atoms with Gasteiger partial charge in [-0.25, -0.2) is 4.98 Å². The molecular weight excluding hydrogens is 440 g/mol. The van der Waals surface area contributed by atoms with Gasteiger partial charge in [0.25, 0.3) is 0 Å². The van der Waals surface area contributed by atoms with Gasteiger partial charge in [0.05, 0.1) is 24.1 Å². The summed E-state index contributed by atoms with van der Waals surface area (Å²) >= 11 is 0. The van der Waals surface area contributed by atoms with Crippen molar-refractivity contribution in [3.05, 3.63) is 59.6 Å². The number of likely N-dealkylation sites (N-methyl/N-ethyl adjacent to an activating group) is 1. The molecule has 0 radical (unpaired) electrons. The first-order chi connectivity index (χ1) is 16.9. The highest BCUT2D eigenvalue weighted by molar-refractivity contribution is 5.91. The van der Waals surface area contributed by atoms with Crippen LogP contribution in [0.15, 0.2) is 42.6 Å². The minimum atomic E-state index is -0.170. The van der Waals surface area contributed by atoms with Gasteiger partial charge in [0.15, 0.2) is 0 Å². The molecule has 0 unspecified atom stereocenters. The standard InChI is InChI=1S/C27H38N6O2/c1-5-23-24(6-2)31-25(18-28-23)30-22-11-7-10-21(16-22)20(3)17-29-26(34)19-32(4)27(35)12-8-13-33-14-9-15-33/h7-8,10-12,16,18,20H,5-6,9,13-15,17,19H2,1-4H3,(H,29,34)(H,30,31)/b12-8+/t20-/m1/s1. The van der Waals surface area contributed by atoms with Crippen LogP contribution in [0.5, 0.6) is 0 Å². The molecule has 2 amide bonds. The zero-order chi connectivity index (χ0) is 25.2. The third-order valence-electron chi connectivity index (χ3n) is 6.26. The summed E-state index contributed by atoms with van der Waals surface area (Å²) in [5, 5.41) is 6.29. The van der Waals surface area contributed by atoms with Crippen molar-refractivity contribution in [2.45, 2.75) is 46.0 Å². The molecule has 0 spiro atoms. The Balaban J connectivity index is 1.48. The second-order valence-corrected chi connectivity index (χ2v) is 9.06. The molecule has 1 atom stereocenters. The third kappa shape index (κ3) is 7.89. The van der Waals surface area contributed by atoms with E-state index < -0.39 is 0 Å². The number of hydrogen-bond acceptors (Lipinski definition) is 6. The van der Waals surface area contributed by atoms with Crippen LogP contribution in [-0.2, 0) is 22.4 Å². The van der Waals surface area contributed by atoms with Gasteiger partial charge in [-0.05, 0) is 56.0 Å². The Bertz CT molecular complexity index is 1030. The number of anilines is 2. The van der Waals surface area contributed by atoms with Gasteiger partial charge in [-0.2, -0.15) is 0 Å². The molecule has 1 saturated heterocycles. The number of aromatic nitrogens is 2. The molecule has 0 bridgehead atoms. The third-order valence-corrected chi connectivity index (χ3v) is 6.26. The number of rotatable bonds is 12. The Morgan fingerprint density at radius 1 is 1.20 bits per heavy atom. The van der Waals surface area contributed by atoms with Gasteiger partial charge in [0.1, 0.15) is 5.82 Å². The molecule has 1 aromatic heterocycles. The van der Waals surface area contributed by atoms with Gasteiger partial charge >= 0.3 is 0 Å². The molecule has 2 heterocycles. The lowest BCUT2D eigenvalue weighted by molar-refractivity contribution is -0.131. The number of aryl methyl sites for hydroxylation is 2. The molecule has 2 aromatic rings. The molecular formula is C27H38N6O2. The summed E-state index contributed by atoms with van der Waals surface area (Å²) in [6.07, 6.45) is 8.13. The number of hydrogen-bond donors (Lipinski definition) is 2. The van der Waals surface area contributed by atoms with Gasteiger partial charge in [-0.3, -0.25) is 19.5 Å². The summed E-state index contributed by atoms with van der Waals surface area (Å²) in [6.45, 7) is 9.73. The van der Waals surface area contributed by atoms with Gasteiger partial charge < -0.3 is 15.5 Å². The number of nitrogens with one attached hydrogen (secondary N) is 2. The van der Waals surface area contributed by atoms with Gasteiger partial charge in [-0.1, -0.05) is 39.0 Å². The van der Waals surface area contributed by atoms with Gasteiger partial charge in [0, 0.05) is 31.9 Å². The molecule has 35 heavy (non-hydrogen) atoms. The summed E-state index contributed by atoms with van der Waals surface area (Å²) < 4.78 is 0. The van der Waals surface area contributed by atoms with Crippen molar-refractivity contribution < 1.29 is 9.59 Å². The molecule has 1 aromatic carbocycles. The van der Waals surface area contributed by atoms with Crippen LogP contribution >= 0.6 is 0 Å². The van der Waals surface area contributed by atoms with Crippen LogP contribution in [-0.4, -0.2) is 71.4 Å². The highest BCUT2D eigenvalue weighted by Crippen LogP contribution is 2.21. The van der Waals surface area contributed by atoms with E-state index in [4.69, 9.17) is 4.98 Å². The summed E-state index contributed by atoms with van der Waals surface area (Å²) in [4.78, 5) is 37.5. The number of carbonyl (C=O) groups excluding carboxylic acids is 2. The predicted octanol–water partition coefficient (Wildman–Crippen LogP) is 3.29. The van der Waals surface area contributed by atoms with Crippen molar-refractivity contribution >= 4 is 23.3 Å². The maximum absolute atomic E-state index is 12.4. The lowest BCUT2D eigenvalue weighted by atomic mass is 10.0. The SMILES string of the molecule is CCc1ncc(Nc2cccc([C@H](C)CNC(=O)CN(C)C(=O)/C=C/CN3CCC3)c2)nc1CC. The number of carbonyl (C=O) groups is 2. The first kappa shape index (κ1) is 26.3. The lowest BCUT2D eigenvalue weighted by Gasteiger charge is -2.29. The van der Waals surface area contributed by atoms with Crippen LogP contribution in [0.3, 0.4) is 0 Å². The fourth-order valence-electron chi connectivity index (χ4n) is 3.89. The molecule has 0 saturated carbocycles. The summed E-state index contributed by atoms with van der Waals surface area (Å²) in [5.41, 5.74) is 4.07. The van der Waals surface area contributed by atoms with Crippen LogP contribution in [0.2, 0.25) is 0 Å². The lowest BCUT2D eigenvalue weighted by Crippen LogP contribution is -2.39. The Kier molecular flexibility index (Phi) is 9.78.